The van der Waals surface area contributed by atoms with E-state index >= 15 is 0 Å². The number of benzene rings is 2. The van der Waals surface area contributed by atoms with Crippen molar-refractivity contribution in [3.63, 3.8) is 0 Å². The van der Waals surface area contributed by atoms with E-state index in [9.17, 15) is 9.59 Å². The number of carbonyl (C=O) groups excluding carboxylic acids is 2. The van der Waals surface area contributed by atoms with Crippen LogP contribution in [0.1, 0.15) is 140 Å². The maximum absolute atomic E-state index is 14.4. The van der Waals surface area contributed by atoms with E-state index in [-0.39, 0.29) is 34.5 Å². The highest BCUT2D eigenvalue weighted by atomic mass is 16.2. The molecule has 5 aliphatic rings. The lowest BCUT2D eigenvalue weighted by Crippen LogP contribution is -2.54. The van der Waals surface area contributed by atoms with E-state index in [4.69, 9.17) is 0 Å². The number of hydrogen-bond acceptors (Lipinski definition) is 3. The first-order chi connectivity index (χ1) is 23.8. The van der Waals surface area contributed by atoms with Crippen LogP contribution in [-0.2, 0) is 10.2 Å². The zero-order chi connectivity index (χ0) is 35.7. The second-order valence-electron chi connectivity index (χ2n) is 17.4. The lowest BCUT2D eigenvalue weighted by Gasteiger charge is -2.50. The molecule has 0 saturated carbocycles. The van der Waals surface area contributed by atoms with Crippen LogP contribution in [0.25, 0.3) is 5.57 Å². The molecule has 2 aliphatic carbocycles. The summed E-state index contributed by atoms with van der Waals surface area (Å²) in [7, 11) is 1.91. The molecule has 2 aromatic carbocycles. The van der Waals surface area contributed by atoms with Gasteiger partial charge in [0.25, 0.3) is 5.91 Å². The van der Waals surface area contributed by atoms with Gasteiger partial charge in [0.1, 0.15) is 12.3 Å². The number of amides is 1. The highest BCUT2D eigenvalue weighted by Gasteiger charge is 2.48. The van der Waals surface area contributed by atoms with E-state index in [0.29, 0.717) is 25.3 Å². The van der Waals surface area contributed by atoms with E-state index in [1.54, 1.807) is 22.4 Å². The third-order valence-corrected chi connectivity index (χ3v) is 13.0. The number of allylic oxidation sites excluding steroid dienone is 3. The lowest BCUT2D eigenvalue weighted by atomic mass is 9.58. The molecule has 0 radical (unpaired) electrons. The average molecular weight is 675 g/mol. The van der Waals surface area contributed by atoms with Gasteiger partial charge in [-0.15, -0.1) is 0 Å². The molecule has 0 bridgehead atoms. The summed E-state index contributed by atoms with van der Waals surface area (Å²) < 4.78 is 2.64. The highest BCUT2D eigenvalue weighted by Crippen LogP contribution is 2.55. The molecule has 7 rings (SSSR count). The van der Waals surface area contributed by atoms with Gasteiger partial charge in [-0.2, -0.15) is 0 Å². The second-order valence-corrected chi connectivity index (χ2v) is 17.4. The Labute approximate surface area is 300 Å². The Balaban J connectivity index is 1.48. The fourth-order valence-electron chi connectivity index (χ4n) is 10.7. The predicted molar refractivity (Wildman–Crippen MR) is 205 cm³/mol. The number of carbonyl (C=O) groups is 2. The fourth-order valence-corrected chi connectivity index (χ4v) is 10.7. The summed E-state index contributed by atoms with van der Waals surface area (Å²) in [4.78, 5) is 31.4. The molecule has 3 heterocycles. The third kappa shape index (κ3) is 5.62. The second kappa shape index (κ2) is 12.9. The summed E-state index contributed by atoms with van der Waals surface area (Å²) in [6, 6.07) is 13.6. The van der Waals surface area contributed by atoms with Gasteiger partial charge in [-0.1, -0.05) is 52.8 Å². The normalized spacial score (nSPS) is 23.4. The quantitative estimate of drug-likeness (QED) is 0.273. The van der Waals surface area contributed by atoms with Crippen LogP contribution in [0.5, 0.6) is 0 Å². The Bertz CT molecular complexity index is 1940. The molecular weight excluding hydrogens is 615 g/mol. The summed E-state index contributed by atoms with van der Waals surface area (Å²) in [5.74, 6) is 1.03. The van der Waals surface area contributed by atoms with Gasteiger partial charge in [0, 0.05) is 79.7 Å². The van der Waals surface area contributed by atoms with Gasteiger partial charge in [0.15, 0.2) is 5.54 Å². The Morgan fingerprint density at radius 3 is 2.48 bits per heavy atom. The Kier molecular flexibility index (Phi) is 9.05. The highest BCUT2D eigenvalue weighted by molar-refractivity contribution is 6.00. The number of nitrogens with zero attached hydrogens (tertiary/aromatic N) is 3. The largest absolute Gasteiger partial charge is 0.371 e. The molecule has 5 nitrogen and oxygen atoms in total. The molecule has 2 aromatic rings. The van der Waals surface area contributed by atoms with Crippen molar-refractivity contribution in [1.29, 1.82) is 0 Å². The van der Waals surface area contributed by atoms with Crippen molar-refractivity contribution in [2.24, 2.45) is 11.8 Å². The van der Waals surface area contributed by atoms with Crippen LogP contribution in [0.2, 0.25) is 0 Å². The van der Waals surface area contributed by atoms with Crippen LogP contribution in [0.3, 0.4) is 0 Å². The molecule has 3 aliphatic heterocycles. The van der Waals surface area contributed by atoms with Gasteiger partial charge in [-0.25, -0.2) is 4.58 Å². The molecule has 5 heteroatoms. The van der Waals surface area contributed by atoms with Gasteiger partial charge < -0.3 is 9.80 Å². The van der Waals surface area contributed by atoms with E-state index in [2.05, 4.69) is 75.3 Å². The van der Waals surface area contributed by atoms with Crippen molar-refractivity contribution >= 4 is 17.3 Å². The van der Waals surface area contributed by atoms with Crippen molar-refractivity contribution in [2.45, 2.75) is 124 Å². The molecule has 1 fully saturated rings. The van der Waals surface area contributed by atoms with Crippen LogP contribution in [0.15, 0.2) is 58.8 Å². The summed E-state index contributed by atoms with van der Waals surface area (Å²) in [6.07, 6.45) is 8.13. The Morgan fingerprint density at radius 1 is 1.04 bits per heavy atom. The topological polar surface area (TPSA) is 43.6 Å². The standard InChI is InChI=1S/C45H60N3O2/c1-10-48-38-26-37-35(25-34(38)29(4)27-44(48,5)6)40(31-17-11-12-18-32(31)43(50)46(9)21-15-20-39(49)28(2)3)36-24-30-16-13-22-47-23-14-19-33(42(30)47)41(36)45(37,7)8/h11-12,17-18,25-26,28-29,36H,10,13-16,19-24,27H2,1-9H3/q+1. The van der Waals surface area contributed by atoms with Gasteiger partial charge in [0.2, 0.25) is 5.36 Å². The smallest absolute Gasteiger partial charge is 0.254 e. The number of fused-ring (bicyclic) bond motifs is 3. The molecule has 0 aromatic heterocycles. The molecule has 1 amide bonds. The van der Waals surface area contributed by atoms with Crippen LogP contribution >= 0.6 is 0 Å². The lowest BCUT2D eigenvalue weighted by molar-refractivity contribution is -0.122. The van der Waals surface area contributed by atoms with Gasteiger partial charge in [-0.3, -0.25) is 9.59 Å². The summed E-state index contributed by atoms with van der Waals surface area (Å²) in [5, 5.41) is 2.74. The number of piperidine rings is 1. The molecule has 0 N–H and O–H groups in total. The monoisotopic (exact) mass is 674 g/mol. The fraction of sp³-hybridized carbons (Fsp3) is 0.578. The maximum Gasteiger partial charge on any atom is 0.254 e. The van der Waals surface area contributed by atoms with Gasteiger partial charge in [0.05, 0.1) is 0 Å². The molecule has 2 atom stereocenters. The van der Waals surface area contributed by atoms with Crippen LogP contribution < -0.4 is 15.2 Å². The van der Waals surface area contributed by atoms with Gasteiger partial charge >= 0.3 is 0 Å². The minimum atomic E-state index is -0.143. The number of Topliss-reactive ketones (excluding diaryl/α,β-unsaturated/α-hetero) is 1. The zero-order valence-corrected chi connectivity index (χ0v) is 32.3. The summed E-state index contributed by atoms with van der Waals surface area (Å²) >= 11 is 0. The van der Waals surface area contributed by atoms with Crippen molar-refractivity contribution in [3.05, 3.63) is 91.6 Å². The molecule has 2 unspecified atom stereocenters. The van der Waals surface area contributed by atoms with E-state index in [0.717, 1.165) is 36.9 Å². The van der Waals surface area contributed by atoms with Crippen LogP contribution in [0.4, 0.5) is 0 Å². The zero-order valence-electron chi connectivity index (χ0n) is 32.3. The van der Waals surface area contributed by atoms with Crippen molar-refractivity contribution < 1.29 is 9.59 Å². The maximum atomic E-state index is 14.4. The molecule has 0 spiro atoms. The van der Waals surface area contributed by atoms with E-state index in [1.807, 2.05) is 37.9 Å². The Morgan fingerprint density at radius 2 is 1.76 bits per heavy atom. The number of rotatable bonds is 8. The molecular formula is C45H60N3O2+. The third-order valence-electron chi connectivity index (χ3n) is 13.0. The van der Waals surface area contributed by atoms with Crippen molar-refractivity contribution in [3.8, 4) is 0 Å². The summed E-state index contributed by atoms with van der Waals surface area (Å²) in [5.41, 5.74) is 12.4. The average Bonchev–Trinajstić information content (AvgIpc) is 3.07. The van der Waals surface area contributed by atoms with Crippen LogP contribution in [0, 0.1) is 11.8 Å². The van der Waals surface area contributed by atoms with Crippen LogP contribution in [-0.4, -0.2) is 60.3 Å². The summed E-state index contributed by atoms with van der Waals surface area (Å²) in [6.45, 7) is 22.3. The first-order valence-corrected chi connectivity index (χ1v) is 19.7. The Hall–Kier alpha value is -3.47. The minimum absolute atomic E-state index is 0.0301. The van der Waals surface area contributed by atoms with Gasteiger partial charge in [-0.05, 0) is 116 Å². The minimum Gasteiger partial charge on any atom is -0.371 e. The number of ketones is 1. The first-order valence-electron chi connectivity index (χ1n) is 19.7. The van der Waals surface area contributed by atoms with E-state index < -0.39 is 0 Å². The number of hydrogen-bond donors (Lipinski definition) is 0. The predicted octanol–water partition coefficient (Wildman–Crippen LogP) is 7.51. The van der Waals surface area contributed by atoms with E-state index in [1.165, 1.54) is 59.6 Å². The molecule has 50 heavy (non-hydrogen) atoms. The SMILES string of the molecule is CC[N+]1=c2cc3c(cc2C(C)CC1(C)C)=C(c1ccccc1C(=O)N(C)CCCC(=O)C(C)C)C1CC2=C4C(=C1C3(C)C)CCCN4CCC2. The van der Waals surface area contributed by atoms with Crippen molar-refractivity contribution in [1.82, 2.24) is 14.4 Å². The van der Waals surface area contributed by atoms with Crippen molar-refractivity contribution in [2.75, 3.05) is 33.2 Å². The molecule has 1 saturated heterocycles. The molecule has 266 valence electrons. The first kappa shape index (κ1) is 35.0.